The molecule has 0 aromatic heterocycles. The number of carbonyl (C=O) groups is 1. The van der Waals surface area contributed by atoms with Crippen molar-refractivity contribution < 1.29 is 19.0 Å². The number of hydrogen-bond donors (Lipinski definition) is 1. The van der Waals surface area contributed by atoms with E-state index in [1.54, 1.807) is 7.11 Å². The van der Waals surface area contributed by atoms with E-state index in [1.165, 1.54) is 0 Å². The van der Waals surface area contributed by atoms with Crippen LogP contribution < -0.4 is 19.7 Å². The summed E-state index contributed by atoms with van der Waals surface area (Å²) in [5.74, 6) is 1.35. The van der Waals surface area contributed by atoms with Crippen molar-refractivity contribution in [2.75, 3.05) is 63.8 Å². The van der Waals surface area contributed by atoms with Gasteiger partial charge >= 0.3 is 0 Å². The van der Waals surface area contributed by atoms with Crippen molar-refractivity contribution in [2.45, 2.75) is 13.0 Å². The molecular weight excluding hydrogens is 382 g/mol. The lowest BCUT2D eigenvalue weighted by molar-refractivity contribution is -0.120. The third-order valence-corrected chi connectivity index (χ3v) is 5.32. The van der Waals surface area contributed by atoms with E-state index < -0.39 is 0 Å². The Bertz CT molecular complexity index is 806. The molecule has 1 N–H and O–H groups in total. The van der Waals surface area contributed by atoms with Crippen LogP contribution in [0.1, 0.15) is 6.92 Å². The van der Waals surface area contributed by atoms with Crippen LogP contribution in [0.4, 0.5) is 11.4 Å². The molecular formula is C23H31N3O4. The number of ether oxygens (including phenoxy) is 3. The molecule has 1 atom stereocenters. The molecule has 2 aromatic rings. The number of para-hydroxylation sites is 2. The van der Waals surface area contributed by atoms with E-state index in [2.05, 4.69) is 10.2 Å². The molecule has 1 heterocycles. The first-order valence-corrected chi connectivity index (χ1v) is 10.3. The average Bonchev–Trinajstić information content (AvgIpc) is 2.79. The number of nitrogens with zero attached hydrogens (tertiary/aromatic N) is 2. The maximum atomic E-state index is 12.6. The van der Waals surface area contributed by atoms with Gasteiger partial charge in [0.15, 0.2) is 11.5 Å². The molecule has 0 saturated carbocycles. The topological polar surface area (TPSA) is 63.3 Å². The summed E-state index contributed by atoms with van der Waals surface area (Å²) in [6.45, 7) is 6.26. The van der Waals surface area contributed by atoms with E-state index in [4.69, 9.17) is 14.2 Å². The monoisotopic (exact) mass is 413 g/mol. The van der Waals surface area contributed by atoms with Crippen LogP contribution in [-0.4, -0.2) is 70.5 Å². The molecule has 30 heavy (non-hydrogen) atoms. The highest BCUT2D eigenvalue weighted by Crippen LogP contribution is 2.25. The number of amides is 1. The number of rotatable bonds is 9. The lowest BCUT2D eigenvalue weighted by Crippen LogP contribution is -2.41. The second-order valence-electron chi connectivity index (χ2n) is 7.29. The number of methoxy groups -OCH3 is 1. The van der Waals surface area contributed by atoms with Gasteiger partial charge in [-0.15, -0.1) is 0 Å². The SMILES string of the molecule is COc1ccccc1OCCN(C)C(C)C(=O)Nc1ccc(N2CCOCC2)cc1. The van der Waals surface area contributed by atoms with Gasteiger partial charge < -0.3 is 24.4 Å². The smallest absolute Gasteiger partial charge is 0.241 e. The molecule has 0 bridgehead atoms. The summed E-state index contributed by atoms with van der Waals surface area (Å²) in [7, 11) is 3.53. The minimum Gasteiger partial charge on any atom is -0.493 e. The number of carbonyl (C=O) groups excluding carboxylic acids is 1. The fourth-order valence-electron chi connectivity index (χ4n) is 3.26. The minimum absolute atomic E-state index is 0.0473. The van der Waals surface area contributed by atoms with Crippen LogP contribution in [0.15, 0.2) is 48.5 Å². The van der Waals surface area contributed by atoms with Crippen LogP contribution in [-0.2, 0) is 9.53 Å². The molecule has 1 aliphatic heterocycles. The number of benzene rings is 2. The zero-order valence-electron chi connectivity index (χ0n) is 18.0. The number of nitrogens with one attached hydrogen (secondary N) is 1. The van der Waals surface area contributed by atoms with E-state index >= 15 is 0 Å². The Morgan fingerprint density at radius 3 is 2.47 bits per heavy atom. The number of morpholine rings is 1. The molecule has 7 heteroatoms. The van der Waals surface area contributed by atoms with Crippen molar-refractivity contribution in [1.29, 1.82) is 0 Å². The fraction of sp³-hybridized carbons (Fsp3) is 0.435. The van der Waals surface area contributed by atoms with E-state index in [-0.39, 0.29) is 11.9 Å². The first-order valence-electron chi connectivity index (χ1n) is 10.3. The molecule has 162 valence electrons. The first-order chi connectivity index (χ1) is 14.6. The largest absolute Gasteiger partial charge is 0.493 e. The Morgan fingerprint density at radius 2 is 1.80 bits per heavy atom. The van der Waals surface area contributed by atoms with Crippen molar-refractivity contribution in [3.63, 3.8) is 0 Å². The average molecular weight is 414 g/mol. The predicted octanol–water partition coefficient (Wildman–Crippen LogP) is 2.87. The van der Waals surface area contributed by atoms with Crippen molar-refractivity contribution in [3.8, 4) is 11.5 Å². The number of hydrogen-bond acceptors (Lipinski definition) is 6. The highest BCUT2D eigenvalue weighted by molar-refractivity contribution is 5.94. The molecule has 1 unspecified atom stereocenters. The summed E-state index contributed by atoms with van der Waals surface area (Å²) in [5, 5.41) is 2.99. The first kappa shape index (κ1) is 21.9. The normalized spacial score (nSPS) is 15.0. The van der Waals surface area contributed by atoms with Crippen molar-refractivity contribution in [3.05, 3.63) is 48.5 Å². The highest BCUT2D eigenvalue weighted by Gasteiger charge is 2.18. The maximum absolute atomic E-state index is 12.6. The summed E-state index contributed by atoms with van der Waals surface area (Å²) in [6.07, 6.45) is 0. The van der Waals surface area contributed by atoms with Gasteiger partial charge in [0.1, 0.15) is 6.61 Å². The second-order valence-corrected chi connectivity index (χ2v) is 7.29. The predicted molar refractivity (Wildman–Crippen MR) is 119 cm³/mol. The molecule has 1 amide bonds. The van der Waals surface area contributed by atoms with Crippen molar-refractivity contribution in [1.82, 2.24) is 4.90 Å². The van der Waals surface area contributed by atoms with Crippen molar-refractivity contribution >= 4 is 17.3 Å². The van der Waals surface area contributed by atoms with Crippen LogP contribution in [0.25, 0.3) is 0 Å². The minimum atomic E-state index is -0.287. The van der Waals surface area contributed by atoms with E-state index in [0.29, 0.717) is 24.7 Å². The van der Waals surface area contributed by atoms with E-state index in [9.17, 15) is 4.79 Å². The fourth-order valence-corrected chi connectivity index (χ4v) is 3.26. The quantitative estimate of drug-likeness (QED) is 0.682. The lowest BCUT2D eigenvalue weighted by Gasteiger charge is -2.29. The van der Waals surface area contributed by atoms with Gasteiger partial charge in [-0.1, -0.05) is 12.1 Å². The Kier molecular flexibility index (Phi) is 7.93. The number of likely N-dealkylation sites (N-methyl/N-ethyl adjacent to an activating group) is 1. The zero-order valence-corrected chi connectivity index (χ0v) is 18.0. The standard InChI is InChI=1S/C23H31N3O4/c1-18(25(2)12-17-30-22-7-5-4-6-21(22)28-3)23(27)24-19-8-10-20(11-9-19)26-13-15-29-16-14-26/h4-11,18H,12-17H2,1-3H3,(H,24,27). The van der Waals surface area contributed by atoms with Crippen LogP contribution in [0.3, 0.4) is 0 Å². The molecule has 1 aliphatic rings. The molecule has 1 saturated heterocycles. The molecule has 0 spiro atoms. The number of anilines is 2. The highest BCUT2D eigenvalue weighted by atomic mass is 16.5. The van der Waals surface area contributed by atoms with Crippen LogP contribution in [0.5, 0.6) is 11.5 Å². The summed E-state index contributed by atoms with van der Waals surface area (Å²) < 4.78 is 16.5. The molecule has 3 rings (SSSR count). The second kappa shape index (κ2) is 10.8. The van der Waals surface area contributed by atoms with Gasteiger partial charge in [-0.2, -0.15) is 0 Å². The van der Waals surface area contributed by atoms with E-state index in [0.717, 1.165) is 37.7 Å². The van der Waals surface area contributed by atoms with Crippen LogP contribution in [0, 0.1) is 0 Å². The Hall–Kier alpha value is -2.77. The lowest BCUT2D eigenvalue weighted by atomic mass is 10.2. The van der Waals surface area contributed by atoms with Gasteiger partial charge in [0.2, 0.25) is 5.91 Å². The summed E-state index contributed by atoms with van der Waals surface area (Å²) in [6, 6.07) is 15.2. The molecule has 0 aliphatic carbocycles. The van der Waals surface area contributed by atoms with Gasteiger partial charge in [0.05, 0.1) is 26.4 Å². The van der Waals surface area contributed by atoms with Crippen LogP contribution >= 0.6 is 0 Å². The van der Waals surface area contributed by atoms with Gasteiger partial charge in [0, 0.05) is 31.0 Å². The van der Waals surface area contributed by atoms with Gasteiger partial charge in [-0.05, 0) is 50.4 Å². The third kappa shape index (κ3) is 5.87. The summed E-state index contributed by atoms with van der Waals surface area (Å²) >= 11 is 0. The van der Waals surface area contributed by atoms with E-state index in [1.807, 2.05) is 67.4 Å². The Morgan fingerprint density at radius 1 is 1.13 bits per heavy atom. The summed E-state index contributed by atoms with van der Waals surface area (Å²) in [4.78, 5) is 16.9. The van der Waals surface area contributed by atoms with Gasteiger partial charge in [-0.3, -0.25) is 9.69 Å². The van der Waals surface area contributed by atoms with Gasteiger partial charge in [0.25, 0.3) is 0 Å². The molecule has 0 radical (unpaired) electrons. The molecule has 1 fully saturated rings. The zero-order chi connectivity index (χ0) is 21.3. The Labute approximate surface area is 178 Å². The molecule has 2 aromatic carbocycles. The Balaban J connectivity index is 1.46. The maximum Gasteiger partial charge on any atom is 0.241 e. The summed E-state index contributed by atoms with van der Waals surface area (Å²) in [5.41, 5.74) is 1.94. The van der Waals surface area contributed by atoms with Crippen LogP contribution in [0.2, 0.25) is 0 Å². The van der Waals surface area contributed by atoms with Gasteiger partial charge in [-0.25, -0.2) is 0 Å². The molecule has 7 nitrogen and oxygen atoms in total. The van der Waals surface area contributed by atoms with Crippen molar-refractivity contribution in [2.24, 2.45) is 0 Å². The third-order valence-electron chi connectivity index (χ3n) is 5.32.